The van der Waals surface area contributed by atoms with Crippen LogP contribution in [0.4, 0.5) is 5.69 Å². The first kappa shape index (κ1) is 16.0. The molecule has 0 heterocycles. The number of hydrogen-bond donors (Lipinski definition) is 1. The molecule has 1 aromatic rings. The second kappa shape index (κ2) is 7.53. The minimum atomic E-state index is -0.535. The van der Waals surface area contributed by atoms with Crippen molar-refractivity contribution < 1.29 is 9.66 Å². The molecule has 7 heteroatoms. The summed E-state index contributed by atoms with van der Waals surface area (Å²) in [7, 11) is 0. The van der Waals surface area contributed by atoms with Crippen molar-refractivity contribution in [3.8, 4) is 5.75 Å². The normalized spacial score (nSPS) is 12.2. The molecule has 0 saturated heterocycles. The van der Waals surface area contributed by atoms with E-state index in [0.29, 0.717) is 6.61 Å². The van der Waals surface area contributed by atoms with Gasteiger partial charge in [0.05, 0.1) is 21.6 Å². The SMILES string of the molecule is CCNCC(C)COc1cc(Cl)c(Cl)cc1[N+](=O)[O-]. The quantitative estimate of drug-likeness (QED) is 0.618. The summed E-state index contributed by atoms with van der Waals surface area (Å²) >= 11 is 11.6. The van der Waals surface area contributed by atoms with E-state index in [0.717, 1.165) is 13.1 Å². The van der Waals surface area contributed by atoms with Crippen LogP contribution < -0.4 is 10.1 Å². The fourth-order valence-corrected chi connectivity index (χ4v) is 1.77. The maximum Gasteiger partial charge on any atom is 0.312 e. The van der Waals surface area contributed by atoms with E-state index in [1.165, 1.54) is 12.1 Å². The van der Waals surface area contributed by atoms with Gasteiger partial charge >= 0.3 is 5.69 Å². The van der Waals surface area contributed by atoms with Crippen molar-refractivity contribution in [1.29, 1.82) is 0 Å². The van der Waals surface area contributed by atoms with Gasteiger partial charge in [0.15, 0.2) is 5.75 Å². The summed E-state index contributed by atoms with van der Waals surface area (Å²) in [4.78, 5) is 10.4. The highest BCUT2D eigenvalue weighted by Crippen LogP contribution is 2.35. The van der Waals surface area contributed by atoms with Gasteiger partial charge < -0.3 is 10.1 Å². The zero-order chi connectivity index (χ0) is 14.4. The van der Waals surface area contributed by atoms with Gasteiger partial charge in [-0.3, -0.25) is 10.1 Å². The number of nitrogens with zero attached hydrogens (tertiary/aromatic N) is 1. The molecule has 0 aliphatic carbocycles. The Morgan fingerprint density at radius 2 is 2.05 bits per heavy atom. The molecule has 0 radical (unpaired) electrons. The molecular formula is C12H16Cl2N2O3. The minimum Gasteiger partial charge on any atom is -0.486 e. The highest BCUT2D eigenvalue weighted by molar-refractivity contribution is 6.42. The molecular weight excluding hydrogens is 291 g/mol. The molecule has 1 atom stereocenters. The van der Waals surface area contributed by atoms with Crippen molar-refractivity contribution in [2.24, 2.45) is 5.92 Å². The van der Waals surface area contributed by atoms with E-state index in [1.54, 1.807) is 0 Å². The van der Waals surface area contributed by atoms with Gasteiger partial charge in [-0.1, -0.05) is 37.0 Å². The Balaban J connectivity index is 2.77. The summed E-state index contributed by atoms with van der Waals surface area (Å²) < 4.78 is 5.47. The zero-order valence-corrected chi connectivity index (χ0v) is 12.3. The van der Waals surface area contributed by atoms with Gasteiger partial charge in [0, 0.05) is 24.6 Å². The molecule has 0 fully saturated rings. The molecule has 19 heavy (non-hydrogen) atoms. The van der Waals surface area contributed by atoms with E-state index in [9.17, 15) is 10.1 Å². The standard InChI is InChI=1S/C12H16Cl2N2O3/c1-3-15-6-8(2)7-19-12-5-10(14)9(13)4-11(12)16(17)18/h4-5,8,15H,3,6-7H2,1-2H3. The lowest BCUT2D eigenvalue weighted by molar-refractivity contribution is -0.385. The molecule has 0 aliphatic heterocycles. The van der Waals surface area contributed by atoms with Crippen LogP contribution in [-0.2, 0) is 0 Å². The molecule has 0 spiro atoms. The van der Waals surface area contributed by atoms with Crippen LogP contribution in [0.1, 0.15) is 13.8 Å². The molecule has 0 saturated carbocycles. The molecule has 1 aromatic carbocycles. The first-order valence-corrected chi connectivity index (χ1v) is 6.68. The van der Waals surface area contributed by atoms with E-state index in [4.69, 9.17) is 27.9 Å². The number of hydrogen-bond acceptors (Lipinski definition) is 4. The maximum atomic E-state index is 10.9. The van der Waals surface area contributed by atoms with Gasteiger partial charge in [-0.2, -0.15) is 0 Å². The summed E-state index contributed by atoms with van der Waals surface area (Å²) in [6, 6.07) is 2.58. The number of nitro benzene ring substituents is 1. The smallest absolute Gasteiger partial charge is 0.312 e. The van der Waals surface area contributed by atoms with Crippen molar-refractivity contribution >= 4 is 28.9 Å². The lowest BCUT2D eigenvalue weighted by Crippen LogP contribution is -2.24. The van der Waals surface area contributed by atoms with Gasteiger partial charge in [-0.05, 0) is 6.54 Å². The second-order valence-corrected chi connectivity index (χ2v) is 5.03. The fraction of sp³-hybridized carbons (Fsp3) is 0.500. The number of nitro groups is 1. The van der Waals surface area contributed by atoms with Gasteiger partial charge in [-0.15, -0.1) is 0 Å². The Bertz CT molecular complexity index is 455. The summed E-state index contributed by atoms with van der Waals surface area (Å²) in [5.41, 5.74) is -0.176. The van der Waals surface area contributed by atoms with Crippen LogP contribution in [0.25, 0.3) is 0 Å². The Labute approximate surface area is 122 Å². The third-order valence-corrected chi connectivity index (χ3v) is 3.19. The third-order valence-electron chi connectivity index (χ3n) is 2.46. The van der Waals surface area contributed by atoms with Crippen molar-refractivity contribution in [3.63, 3.8) is 0 Å². The van der Waals surface area contributed by atoms with E-state index >= 15 is 0 Å². The van der Waals surface area contributed by atoms with Gasteiger partial charge in [-0.25, -0.2) is 0 Å². The van der Waals surface area contributed by atoms with Crippen LogP contribution in [-0.4, -0.2) is 24.6 Å². The number of benzene rings is 1. The topological polar surface area (TPSA) is 64.4 Å². The molecule has 1 rings (SSSR count). The maximum absolute atomic E-state index is 10.9. The Hall–Kier alpha value is -1.04. The van der Waals surface area contributed by atoms with Crippen molar-refractivity contribution in [2.45, 2.75) is 13.8 Å². The number of halogens is 2. The van der Waals surface area contributed by atoms with E-state index in [1.807, 2.05) is 13.8 Å². The van der Waals surface area contributed by atoms with E-state index < -0.39 is 4.92 Å². The third kappa shape index (κ3) is 4.86. The predicted octanol–water partition coefficient (Wildman–Crippen LogP) is 3.53. The number of rotatable bonds is 7. The molecule has 1 unspecified atom stereocenters. The average molecular weight is 307 g/mol. The highest BCUT2D eigenvalue weighted by atomic mass is 35.5. The zero-order valence-electron chi connectivity index (χ0n) is 10.8. The Morgan fingerprint density at radius 1 is 1.42 bits per heavy atom. The molecule has 0 aliphatic rings. The predicted molar refractivity (Wildman–Crippen MR) is 76.3 cm³/mol. The van der Waals surface area contributed by atoms with Gasteiger partial charge in [0.2, 0.25) is 0 Å². The summed E-state index contributed by atoms with van der Waals surface area (Å²) in [6.07, 6.45) is 0. The van der Waals surface area contributed by atoms with E-state index in [2.05, 4.69) is 5.32 Å². The average Bonchev–Trinajstić information content (AvgIpc) is 2.36. The van der Waals surface area contributed by atoms with Crippen molar-refractivity contribution in [1.82, 2.24) is 5.32 Å². The van der Waals surface area contributed by atoms with Crippen molar-refractivity contribution in [3.05, 3.63) is 32.3 Å². The van der Waals surface area contributed by atoms with Gasteiger partial charge in [0.25, 0.3) is 0 Å². The van der Waals surface area contributed by atoms with Crippen LogP contribution in [0.2, 0.25) is 10.0 Å². The van der Waals surface area contributed by atoms with Crippen LogP contribution in [0, 0.1) is 16.0 Å². The van der Waals surface area contributed by atoms with Crippen LogP contribution in [0.5, 0.6) is 5.75 Å². The second-order valence-electron chi connectivity index (χ2n) is 4.22. The molecule has 5 nitrogen and oxygen atoms in total. The first-order valence-electron chi connectivity index (χ1n) is 5.92. The Kier molecular flexibility index (Phi) is 6.34. The Morgan fingerprint density at radius 3 is 2.63 bits per heavy atom. The number of nitrogens with one attached hydrogen (secondary N) is 1. The van der Waals surface area contributed by atoms with Crippen LogP contribution in [0.3, 0.4) is 0 Å². The number of ether oxygens (including phenoxy) is 1. The summed E-state index contributed by atoms with van der Waals surface area (Å²) in [6.45, 7) is 6.03. The molecule has 1 N–H and O–H groups in total. The first-order chi connectivity index (χ1) is 8.95. The molecule has 0 aromatic heterocycles. The summed E-state index contributed by atoms with van der Waals surface area (Å²) in [5.74, 6) is 0.372. The van der Waals surface area contributed by atoms with E-state index in [-0.39, 0.29) is 27.4 Å². The highest BCUT2D eigenvalue weighted by Gasteiger charge is 2.19. The lowest BCUT2D eigenvalue weighted by Gasteiger charge is -2.13. The lowest BCUT2D eigenvalue weighted by atomic mass is 10.2. The van der Waals surface area contributed by atoms with Crippen LogP contribution >= 0.6 is 23.2 Å². The molecule has 0 bridgehead atoms. The largest absolute Gasteiger partial charge is 0.486 e. The fourth-order valence-electron chi connectivity index (χ4n) is 1.46. The van der Waals surface area contributed by atoms with Crippen LogP contribution in [0.15, 0.2) is 12.1 Å². The monoisotopic (exact) mass is 306 g/mol. The van der Waals surface area contributed by atoms with Crippen molar-refractivity contribution in [2.75, 3.05) is 19.7 Å². The summed E-state index contributed by atoms with van der Waals surface area (Å²) in [5, 5.41) is 14.5. The molecule has 106 valence electrons. The minimum absolute atomic E-state index is 0.140. The molecule has 0 amide bonds. The van der Waals surface area contributed by atoms with Gasteiger partial charge in [0.1, 0.15) is 0 Å².